The van der Waals surface area contributed by atoms with E-state index in [1.54, 1.807) is 0 Å². The Labute approximate surface area is 99.1 Å². The van der Waals surface area contributed by atoms with Gasteiger partial charge in [0.05, 0.1) is 0 Å². The summed E-state index contributed by atoms with van der Waals surface area (Å²) < 4.78 is 5.43. The third-order valence-corrected chi connectivity index (χ3v) is 3.00. The highest BCUT2D eigenvalue weighted by atomic mass is 16.5. The number of ether oxygens (including phenoxy) is 1. The quantitative estimate of drug-likeness (QED) is 0.503. The highest BCUT2D eigenvalue weighted by Gasteiger charge is 2.16. The fourth-order valence-corrected chi connectivity index (χ4v) is 2.10. The lowest BCUT2D eigenvalue weighted by atomic mass is 9.94. The van der Waals surface area contributed by atoms with Gasteiger partial charge in [-0.15, -0.1) is 0 Å². The van der Waals surface area contributed by atoms with Crippen molar-refractivity contribution in [2.45, 2.75) is 71.3 Å². The van der Waals surface area contributed by atoms with Crippen LogP contribution in [0.5, 0.6) is 0 Å². The normalized spacial score (nSPS) is 20.4. The SMILES string of the molecule is CCCCC1=CC(OC(=O)CCC)CCC1. The highest BCUT2D eigenvalue weighted by molar-refractivity contribution is 5.69. The maximum Gasteiger partial charge on any atom is 0.306 e. The molecular weight excluding hydrogens is 200 g/mol. The number of carbonyl (C=O) groups excluding carboxylic acids is 1. The second-order valence-corrected chi connectivity index (χ2v) is 4.60. The second-order valence-electron chi connectivity index (χ2n) is 4.60. The van der Waals surface area contributed by atoms with Gasteiger partial charge in [-0.05, 0) is 44.6 Å². The molecule has 2 heteroatoms. The first-order valence-electron chi connectivity index (χ1n) is 6.65. The van der Waals surface area contributed by atoms with Crippen molar-refractivity contribution in [1.82, 2.24) is 0 Å². The molecule has 0 radical (unpaired) electrons. The Morgan fingerprint density at radius 3 is 2.94 bits per heavy atom. The van der Waals surface area contributed by atoms with Gasteiger partial charge in [-0.1, -0.05) is 25.8 Å². The van der Waals surface area contributed by atoms with Crippen molar-refractivity contribution in [2.75, 3.05) is 0 Å². The molecule has 0 N–H and O–H groups in total. The molecule has 0 aromatic heterocycles. The summed E-state index contributed by atoms with van der Waals surface area (Å²) in [5.41, 5.74) is 1.49. The number of hydrogen-bond donors (Lipinski definition) is 0. The predicted octanol–water partition coefficient (Wildman–Crippen LogP) is 4.00. The Morgan fingerprint density at radius 2 is 2.25 bits per heavy atom. The number of unbranched alkanes of at least 4 members (excludes halogenated alkanes) is 1. The van der Waals surface area contributed by atoms with Crippen molar-refractivity contribution in [3.63, 3.8) is 0 Å². The summed E-state index contributed by atoms with van der Waals surface area (Å²) in [7, 11) is 0. The molecule has 1 rings (SSSR count). The first-order chi connectivity index (χ1) is 7.76. The van der Waals surface area contributed by atoms with E-state index in [2.05, 4.69) is 13.0 Å². The molecule has 0 bridgehead atoms. The van der Waals surface area contributed by atoms with Crippen molar-refractivity contribution in [1.29, 1.82) is 0 Å². The lowest BCUT2D eigenvalue weighted by molar-refractivity contribution is -0.147. The molecular formula is C14H24O2. The van der Waals surface area contributed by atoms with Crippen molar-refractivity contribution in [3.05, 3.63) is 11.6 Å². The number of esters is 1. The number of rotatable bonds is 6. The number of allylic oxidation sites excluding steroid dienone is 1. The van der Waals surface area contributed by atoms with E-state index in [0.29, 0.717) is 6.42 Å². The zero-order valence-corrected chi connectivity index (χ0v) is 10.6. The summed E-state index contributed by atoms with van der Waals surface area (Å²) in [4.78, 5) is 11.4. The van der Waals surface area contributed by atoms with Crippen LogP contribution in [-0.2, 0) is 9.53 Å². The third-order valence-electron chi connectivity index (χ3n) is 3.00. The minimum atomic E-state index is -0.0412. The van der Waals surface area contributed by atoms with E-state index in [-0.39, 0.29) is 12.1 Å². The largest absolute Gasteiger partial charge is 0.458 e. The lowest BCUT2D eigenvalue weighted by Gasteiger charge is -2.21. The summed E-state index contributed by atoms with van der Waals surface area (Å²) in [6.07, 6.45) is 10.7. The summed E-state index contributed by atoms with van der Waals surface area (Å²) >= 11 is 0. The molecule has 0 saturated carbocycles. The van der Waals surface area contributed by atoms with Gasteiger partial charge < -0.3 is 4.74 Å². The Morgan fingerprint density at radius 1 is 1.44 bits per heavy atom. The molecule has 92 valence electrons. The molecule has 16 heavy (non-hydrogen) atoms. The van der Waals surface area contributed by atoms with Crippen LogP contribution in [0.25, 0.3) is 0 Å². The van der Waals surface area contributed by atoms with Crippen LogP contribution in [0.4, 0.5) is 0 Å². The van der Waals surface area contributed by atoms with Crippen LogP contribution in [0.2, 0.25) is 0 Å². The Hall–Kier alpha value is -0.790. The van der Waals surface area contributed by atoms with Crippen LogP contribution in [0.3, 0.4) is 0 Å². The molecule has 1 aliphatic carbocycles. The third kappa shape index (κ3) is 4.82. The summed E-state index contributed by atoms with van der Waals surface area (Å²) in [5, 5.41) is 0. The van der Waals surface area contributed by atoms with Crippen molar-refractivity contribution in [2.24, 2.45) is 0 Å². The molecule has 2 nitrogen and oxygen atoms in total. The molecule has 0 aliphatic heterocycles. The highest BCUT2D eigenvalue weighted by Crippen LogP contribution is 2.24. The van der Waals surface area contributed by atoms with E-state index in [1.165, 1.54) is 37.7 Å². The zero-order chi connectivity index (χ0) is 11.8. The molecule has 0 spiro atoms. The van der Waals surface area contributed by atoms with E-state index in [1.807, 2.05) is 6.92 Å². The standard InChI is InChI=1S/C14H24O2/c1-3-5-8-12-9-6-10-13(11-12)16-14(15)7-4-2/h11,13H,3-10H2,1-2H3. The molecule has 0 amide bonds. The molecule has 0 heterocycles. The number of hydrogen-bond acceptors (Lipinski definition) is 2. The lowest BCUT2D eigenvalue weighted by Crippen LogP contribution is -2.19. The zero-order valence-electron chi connectivity index (χ0n) is 10.6. The van der Waals surface area contributed by atoms with E-state index in [0.717, 1.165) is 12.8 Å². The smallest absolute Gasteiger partial charge is 0.306 e. The van der Waals surface area contributed by atoms with Gasteiger partial charge in [0, 0.05) is 6.42 Å². The fourth-order valence-electron chi connectivity index (χ4n) is 2.10. The molecule has 1 unspecified atom stereocenters. The molecule has 0 fully saturated rings. The Bertz CT molecular complexity index is 243. The summed E-state index contributed by atoms with van der Waals surface area (Å²) in [5.74, 6) is -0.0412. The Balaban J connectivity index is 2.38. The van der Waals surface area contributed by atoms with Crippen molar-refractivity contribution in [3.8, 4) is 0 Å². The number of carbonyl (C=O) groups is 1. The van der Waals surface area contributed by atoms with Gasteiger partial charge in [-0.25, -0.2) is 0 Å². The molecule has 1 atom stereocenters. The van der Waals surface area contributed by atoms with Crippen LogP contribution < -0.4 is 0 Å². The topological polar surface area (TPSA) is 26.3 Å². The van der Waals surface area contributed by atoms with E-state index >= 15 is 0 Å². The first-order valence-corrected chi connectivity index (χ1v) is 6.65. The van der Waals surface area contributed by atoms with Gasteiger partial charge in [0.1, 0.15) is 6.10 Å². The van der Waals surface area contributed by atoms with Gasteiger partial charge >= 0.3 is 5.97 Å². The molecule has 0 aromatic rings. The summed E-state index contributed by atoms with van der Waals surface area (Å²) in [6.45, 7) is 4.22. The van der Waals surface area contributed by atoms with E-state index in [4.69, 9.17) is 4.74 Å². The van der Waals surface area contributed by atoms with Crippen molar-refractivity contribution >= 4 is 5.97 Å². The van der Waals surface area contributed by atoms with Crippen LogP contribution in [0, 0.1) is 0 Å². The van der Waals surface area contributed by atoms with Gasteiger partial charge in [0.15, 0.2) is 0 Å². The van der Waals surface area contributed by atoms with Gasteiger partial charge in [0.2, 0.25) is 0 Å². The average molecular weight is 224 g/mol. The van der Waals surface area contributed by atoms with Crippen LogP contribution in [0.1, 0.15) is 65.2 Å². The average Bonchev–Trinajstić information content (AvgIpc) is 2.27. The monoisotopic (exact) mass is 224 g/mol. The van der Waals surface area contributed by atoms with Crippen LogP contribution >= 0.6 is 0 Å². The minimum absolute atomic E-state index is 0.0412. The maximum atomic E-state index is 11.4. The minimum Gasteiger partial charge on any atom is -0.458 e. The summed E-state index contributed by atoms with van der Waals surface area (Å²) in [6, 6.07) is 0. The maximum absolute atomic E-state index is 11.4. The second kappa shape index (κ2) is 7.48. The predicted molar refractivity (Wildman–Crippen MR) is 66.2 cm³/mol. The van der Waals surface area contributed by atoms with Gasteiger partial charge in [0.25, 0.3) is 0 Å². The Kier molecular flexibility index (Phi) is 6.20. The molecule has 0 saturated heterocycles. The molecule has 0 aromatic carbocycles. The van der Waals surface area contributed by atoms with Crippen LogP contribution in [0.15, 0.2) is 11.6 Å². The molecule has 1 aliphatic rings. The van der Waals surface area contributed by atoms with Crippen LogP contribution in [-0.4, -0.2) is 12.1 Å². The van der Waals surface area contributed by atoms with Crippen molar-refractivity contribution < 1.29 is 9.53 Å². The van der Waals surface area contributed by atoms with Gasteiger partial charge in [-0.2, -0.15) is 0 Å². The fraction of sp³-hybridized carbons (Fsp3) is 0.786. The first kappa shape index (κ1) is 13.3. The van der Waals surface area contributed by atoms with Gasteiger partial charge in [-0.3, -0.25) is 4.79 Å². The van der Waals surface area contributed by atoms with E-state index in [9.17, 15) is 4.79 Å². The van der Waals surface area contributed by atoms with E-state index < -0.39 is 0 Å².